The molecule has 140 valence electrons. The van der Waals surface area contributed by atoms with E-state index in [1.165, 1.54) is 35.7 Å². The maximum Gasteiger partial charge on any atom is 0.251 e. The Balaban J connectivity index is 2.00. The van der Waals surface area contributed by atoms with Gasteiger partial charge in [-0.2, -0.15) is 4.31 Å². The number of carbonyl (C=O) groups excluding carboxylic acids is 1. The molecule has 0 radical (unpaired) electrons. The zero-order valence-electron chi connectivity index (χ0n) is 14.6. The van der Waals surface area contributed by atoms with E-state index in [4.69, 9.17) is 4.74 Å². The summed E-state index contributed by atoms with van der Waals surface area (Å²) in [6.45, 7) is 3.39. The van der Waals surface area contributed by atoms with Crippen molar-refractivity contribution in [1.29, 1.82) is 0 Å². The Labute approximate surface area is 149 Å². The van der Waals surface area contributed by atoms with Gasteiger partial charge in [-0.05, 0) is 43.0 Å². The van der Waals surface area contributed by atoms with Crippen LogP contribution in [0.2, 0.25) is 0 Å². The second-order valence-corrected chi connectivity index (χ2v) is 8.37. The third-order valence-corrected chi connectivity index (χ3v) is 6.27. The van der Waals surface area contributed by atoms with Gasteiger partial charge in [0, 0.05) is 32.3 Å². The number of aliphatic hydroxyl groups excluding tert-OH is 1. The molecule has 0 saturated carbocycles. The number of aliphatic hydroxyl groups is 1. The number of hydrogen-bond acceptors (Lipinski definition) is 5. The van der Waals surface area contributed by atoms with Crippen LogP contribution >= 0.6 is 0 Å². The van der Waals surface area contributed by atoms with E-state index in [0.29, 0.717) is 24.6 Å². The monoisotopic (exact) mass is 370 g/mol. The number of sulfonamides is 1. The lowest BCUT2D eigenvalue weighted by atomic mass is 10.0. The normalized spacial score (nSPS) is 18.0. The van der Waals surface area contributed by atoms with Gasteiger partial charge in [0.25, 0.3) is 5.91 Å². The van der Waals surface area contributed by atoms with Crippen molar-refractivity contribution in [2.24, 2.45) is 5.92 Å². The average Bonchev–Trinajstić information content (AvgIpc) is 2.60. The molecule has 0 spiro atoms. The minimum absolute atomic E-state index is 0.0681. The topological polar surface area (TPSA) is 95.9 Å². The first-order valence-electron chi connectivity index (χ1n) is 8.40. The molecule has 1 atom stereocenters. The third kappa shape index (κ3) is 5.24. The lowest BCUT2D eigenvalue weighted by Gasteiger charge is -2.29. The van der Waals surface area contributed by atoms with Gasteiger partial charge in [0.2, 0.25) is 10.0 Å². The van der Waals surface area contributed by atoms with Crippen LogP contribution in [-0.2, 0) is 14.8 Å². The summed E-state index contributed by atoms with van der Waals surface area (Å²) in [4.78, 5) is 12.2. The lowest BCUT2D eigenvalue weighted by molar-refractivity contribution is 0.0610. The molecule has 1 saturated heterocycles. The van der Waals surface area contributed by atoms with Gasteiger partial charge < -0.3 is 15.2 Å². The van der Waals surface area contributed by atoms with Gasteiger partial charge in [-0.15, -0.1) is 0 Å². The molecule has 1 fully saturated rings. The Bertz CT molecular complexity index is 667. The van der Waals surface area contributed by atoms with Crippen molar-refractivity contribution < 1.29 is 23.1 Å². The van der Waals surface area contributed by atoms with Crippen LogP contribution < -0.4 is 5.32 Å². The van der Waals surface area contributed by atoms with Crippen LogP contribution in [0.5, 0.6) is 0 Å². The second-order valence-electron chi connectivity index (χ2n) is 6.43. The van der Waals surface area contributed by atoms with Gasteiger partial charge in [-0.3, -0.25) is 4.79 Å². The van der Waals surface area contributed by atoms with E-state index in [-0.39, 0.29) is 24.0 Å². The summed E-state index contributed by atoms with van der Waals surface area (Å²) in [7, 11) is -2.05. The van der Waals surface area contributed by atoms with Gasteiger partial charge >= 0.3 is 0 Å². The molecule has 2 N–H and O–H groups in total. The molecule has 7 nitrogen and oxygen atoms in total. The lowest BCUT2D eigenvalue weighted by Crippen LogP contribution is -2.38. The van der Waals surface area contributed by atoms with Gasteiger partial charge in [0.05, 0.1) is 17.6 Å². The van der Waals surface area contributed by atoms with Crippen LogP contribution in [0.15, 0.2) is 29.2 Å². The van der Waals surface area contributed by atoms with E-state index in [1.54, 1.807) is 0 Å². The standard InChI is InChI=1S/C17H26N2O5S/c1-13-7-9-19(10-8-13)25(22,23)16-5-3-14(4-6-16)17(21)18-11-15(20)12-24-2/h3-6,13,15,20H,7-12H2,1-2H3,(H,18,21)/t15-/m0/s1. The Hall–Kier alpha value is -1.48. The summed E-state index contributed by atoms with van der Waals surface area (Å²) in [5.74, 6) is 0.178. The molecular weight excluding hydrogens is 344 g/mol. The molecule has 25 heavy (non-hydrogen) atoms. The van der Waals surface area contributed by atoms with Crippen molar-refractivity contribution in [2.75, 3.05) is 33.4 Å². The second kappa shape index (κ2) is 8.75. The van der Waals surface area contributed by atoms with E-state index in [9.17, 15) is 18.3 Å². The number of rotatable bonds is 7. The summed E-state index contributed by atoms with van der Waals surface area (Å²) in [5, 5.41) is 12.1. The number of benzene rings is 1. The van der Waals surface area contributed by atoms with Crippen molar-refractivity contribution >= 4 is 15.9 Å². The highest BCUT2D eigenvalue weighted by molar-refractivity contribution is 7.89. The molecule has 0 bridgehead atoms. The SMILES string of the molecule is COC[C@@H](O)CNC(=O)c1ccc(S(=O)(=O)N2CCC(C)CC2)cc1. The minimum atomic E-state index is -3.52. The number of methoxy groups -OCH3 is 1. The van der Waals surface area contributed by atoms with Gasteiger partial charge in [-0.1, -0.05) is 6.92 Å². The fraction of sp³-hybridized carbons (Fsp3) is 0.588. The van der Waals surface area contributed by atoms with Crippen LogP contribution in [0.4, 0.5) is 0 Å². The van der Waals surface area contributed by atoms with Crippen LogP contribution in [-0.4, -0.2) is 63.2 Å². The number of amides is 1. The highest BCUT2D eigenvalue weighted by Crippen LogP contribution is 2.23. The van der Waals surface area contributed by atoms with Crippen molar-refractivity contribution in [3.05, 3.63) is 29.8 Å². The molecule has 2 rings (SSSR count). The van der Waals surface area contributed by atoms with E-state index in [0.717, 1.165) is 12.8 Å². The molecule has 0 aromatic heterocycles. The predicted molar refractivity (Wildman–Crippen MR) is 93.8 cm³/mol. The van der Waals surface area contributed by atoms with E-state index >= 15 is 0 Å². The van der Waals surface area contributed by atoms with Crippen LogP contribution in [0, 0.1) is 5.92 Å². The minimum Gasteiger partial charge on any atom is -0.389 e. The van der Waals surface area contributed by atoms with E-state index in [2.05, 4.69) is 12.2 Å². The van der Waals surface area contributed by atoms with Gasteiger partial charge in [-0.25, -0.2) is 8.42 Å². The molecule has 0 aliphatic carbocycles. The molecule has 1 aliphatic heterocycles. The van der Waals surface area contributed by atoms with Crippen LogP contribution in [0.3, 0.4) is 0 Å². The van der Waals surface area contributed by atoms with Crippen molar-refractivity contribution in [1.82, 2.24) is 9.62 Å². The van der Waals surface area contributed by atoms with E-state index < -0.39 is 16.1 Å². The molecule has 1 aromatic carbocycles. The maximum absolute atomic E-state index is 12.6. The molecule has 8 heteroatoms. The summed E-state index contributed by atoms with van der Waals surface area (Å²) in [6, 6.07) is 5.87. The largest absolute Gasteiger partial charge is 0.389 e. The molecule has 1 amide bonds. The summed E-state index contributed by atoms with van der Waals surface area (Å²) < 4.78 is 31.6. The first-order valence-corrected chi connectivity index (χ1v) is 9.84. The zero-order chi connectivity index (χ0) is 18.4. The Morgan fingerprint density at radius 1 is 1.32 bits per heavy atom. The Kier molecular flexibility index (Phi) is 6.95. The Morgan fingerprint density at radius 2 is 1.92 bits per heavy atom. The highest BCUT2D eigenvalue weighted by atomic mass is 32.2. The summed E-state index contributed by atoms with van der Waals surface area (Å²) >= 11 is 0. The average molecular weight is 370 g/mol. The summed E-state index contributed by atoms with van der Waals surface area (Å²) in [6.07, 6.45) is 0.947. The third-order valence-electron chi connectivity index (χ3n) is 4.35. The van der Waals surface area contributed by atoms with Gasteiger partial charge in [0.1, 0.15) is 0 Å². The molecule has 1 aliphatic rings. The number of hydrogen-bond donors (Lipinski definition) is 2. The molecule has 1 aromatic rings. The number of piperidine rings is 1. The molecule has 1 heterocycles. The van der Waals surface area contributed by atoms with Crippen molar-refractivity contribution in [3.8, 4) is 0 Å². The fourth-order valence-electron chi connectivity index (χ4n) is 2.72. The quantitative estimate of drug-likeness (QED) is 0.742. The van der Waals surface area contributed by atoms with Crippen LogP contribution in [0.1, 0.15) is 30.1 Å². The predicted octanol–water partition coefficient (Wildman–Crippen LogP) is 0.844. The number of ether oxygens (including phenoxy) is 1. The van der Waals surface area contributed by atoms with E-state index in [1.807, 2.05) is 0 Å². The maximum atomic E-state index is 12.6. The molecule has 0 unspecified atom stereocenters. The fourth-order valence-corrected chi connectivity index (χ4v) is 4.19. The summed E-state index contributed by atoms with van der Waals surface area (Å²) in [5.41, 5.74) is 0.343. The molecular formula is C17H26N2O5S. The number of nitrogens with zero attached hydrogens (tertiary/aromatic N) is 1. The van der Waals surface area contributed by atoms with Crippen molar-refractivity contribution in [3.63, 3.8) is 0 Å². The number of nitrogens with one attached hydrogen (secondary N) is 1. The first kappa shape index (κ1) is 19.8. The smallest absolute Gasteiger partial charge is 0.251 e. The van der Waals surface area contributed by atoms with Gasteiger partial charge in [0.15, 0.2) is 0 Å². The highest BCUT2D eigenvalue weighted by Gasteiger charge is 2.28. The first-order chi connectivity index (χ1) is 11.8. The number of carbonyl (C=O) groups is 1. The van der Waals surface area contributed by atoms with Crippen molar-refractivity contribution in [2.45, 2.75) is 30.8 Å². The Morgan fingerprint density at radius 3 is 2.48 bits per heavy atom. The zero-order valence-corrected chi connectivity index (χ0v) is 15.5. The van der Waals surface area contributed by atoms with Crippen LogP contribution in [0.25, 0.3) is 0 Å².